The minimum absolute atomic E-state index is 0.207. The van der Waals surface area contributed by atoms with Gasteiger partial charge in [0, 0.05) is 55.0 Å². The number of ether oxygens (including phenoxy) is 2. The molecule has 1 amide bonds. The van der Waals surface area contributed by atoms with Crippen molar-refractivity contribution in [3.8, 4) is 5.75 Å². The molecule has 4 rings (SSSR count). The Hall–Kier alpha value is -3.33. The van der Waals surface area contributed by atoms with Gasteiger partial charge in [0.1, 0.15) is 17.2 Å². The van der Waals surface area contributed by atoms with E-state index in [1.807, 2.05) is 53.8 Å². The minimum atomic E-state index is -0.720. The Morgan fingerprint density at radius 3 is 2.74 bits per heavy atom. The first kappa shape index (κ1) is 24.8. The first-order chi connectivity index (χ1) is 16.5. The number of aromatic nitrogens is 2. The number of rotatable bonds is 4. The Kier molecular flexibility index (Phi) is 6.89. The van der Waals surface area contributed by atoms with E-state index in [0.717, 1.165) is 51.6 Å². The molecule has 1 unspecified atom stereocenters. The molecule has 0 spiro atoms. The molecule has 1 aromatic heterocycles. The van der Waals surface area contributed by atoms with E-state index < -0.39 is 17.8 Å². The summed E-state index contributed by atoms with van der Waals surface area (Å²) in [6, 6.07) is 3.97. The number of hydrogen-bond acceptors (Lipinski definition) is 8. The van der Waals surface area contributed by atoms with Gasteiger partial charge in [-0.1, -0.05) is 6.08 Å². The van der Waals surface area contributed by atoms with E-state index >= 15 is 0 Å². The number of carbonyl (C=O) groups is 1. The number of aryl methyl sites for hydroxylation is 1. The molecule has 0 saturated carbocycles. The zero-order valence-corrected chi connectivity index (χ0v) is 21.4. The Morgan fingerprint density at radius 2 is 2.03 bits per heavy atom. The van der Waals surface area contributed by atoms with Crippen molar-refractivity contribution in [3.63, 3.8) is 0 Å². The van der Waals surface area contributed by atoms with Gasteiger partial charge in [-0.3, -0.25) is 0 Å². The predicted molar refractivity (Wildman–Crippen MR) is 136 cm³/mol. The standard InChI is InChI=1S/C26H35N5O4/c1-15-11-21(27-6)30-24(28-15)29-20-13-18-8-10-34-23(18)22(16(20)2)17-7-9-31(14-19(32)12-17)25(33)35-26(3,4)5/h7,11,13,19,32H,8-10,12,14H2,1-6H3,(H2,27,28,29,30). The summed E-state index contributed by atoms with van der Waals surface area (Å²) in [4.78, 5) is 23.3. The highest BCUT2D eigenvalue weighted by Gasteiger charge is 2.29. The molecular weight excluding hydrogens is 446 g/mol. The van der Waals surface area contributed by atoms with Crippen LogP contribution in [0.1, 0.15) is 49.6 Å². The zero-order valence-electron chi connectivity index (χ0n) is 21.4. The van der Waals surface area contributed by atoms with Crippen molar-refractivity contribution in [3.05, 3.63) is 40.6 Å². The molecule has 0 saturated heterocycles. The summed E-state index contributed by atoms with van der Waals surface area (Å²) in [6.07, 6.45) is 2.05. The second-order valence-electron chi connectivity index (χ2n) is 10.1. The van der Waals surface area contributed by atoms with Crippen LogP contribution in [0.2, 0.25) is 0 Å². The number of β-amino-alcohol motifs (C(OH)–C–C–N with tert-alkyl or cyclic N) is 1. The van der Waals surface area contributed by atoms with Crippen LogP contribution >= 0.6 is 0 Å². The van der Waals surface area contributed by atoms with E-state index in [1.165, 1.54) is 0 Å². The molecule has 9 heteroatoms. The summed E-state index contributed by atoms with van der Waals surface area (Å²) >= 11 is 0. The Balaban J connectivity index is 1.70. The molecule has 2 aromatic rings. The van der Waals surface area contributed by atoms with Crippen LogP contribution in [-0.4, -0.2) is 64.5 Å². The van der Waals surface area contributed by atoms with Crippen LogP contribution in [0.5, 0.6) is 5.75 Å². The molecule has 1 aromatic carbocycles. The third-order valence-corrected chi connectivity index (χ3v) is 6.01. The lowest BCUT2D eigenvalue weighted by Gasteiger charge is -2.26. The summed E-state index contributed by atoms with van der Waals surface area (Å²) in [5.41, 5.74) is 5.12. The monoisotopic (exact) mass is 481 g/mol. The number of nitrogens with one attached hydrogen (secondary N) is 2. The molecule has 0 aliphatic carbocycles. The van der Waals surface area contributed by atoms with Crippen LogP contribution in [0.25, 0.3) is 5.57 Å². The van der Waals surface area contributed by atoms with Crippen LogP contribution in [0.3, 0.4) is 0 Å². The fourth-order valence-corrected chi connectivity index (χ4v) is 4.45. The van der Waals surface area contributed by atoms with E-state index in [9.17, 15) is 9.90 Å². The molecule has 188 valence electrons. The van der Waals surface area contributed by atoms with Gasteiger partial charge in [-0.05, 0) is 51.8 Å². The lowest BCUT2D eigenvalue weighted by molar-refractivity contribution is 0.0186. The van der Waals surface area contributed by atoms with Crippen LogP contribution in [0.4, 0.5) is 22.2 Å². The number of amides is 1. The third-order valence-electron chi connectivity index (χ3n) is 6.01. The normalized spacial score (nSPS) is 17.7. The molecule has 2 aliphatic rings. The second-order valence-corrected chi connectivity index (χ2v) is 10.1. The second kappa shape index (κ2) is 9.73. The number of aliphatic hydroxyl groups is 1. The maximum Gasteiger partial charge on any atom is 0.410 e. The number of hydrogen-bond donors (Lipinski definition) is 3. The highest BCUT2D eigenvalue weighted by molar-refractivity contribution is 5.82. The van der Waals surface area contributed by atoms with Crippen molar-refractivity contribution in [2.24, 2.45) is 0 Å². The van der Waals surface area contributed by atoms with Crippen LogP contribution in [-0.2, 0) is 11.2 Å². The lowest BCUT2D eigenvalue weighted by Crippen LogP contribution is -2.40. The first-order valence-corrected chi connectivity index (χ1v) is 12.0. The molecule has 0 bridgehead atoms. The van der Waals surface area contributed by atoms with Gasteiger partial charge < -0.3 is 30.1 Å². The molecule has 1 atom stereocenters. The lowest BCUT2D eigenvalue weighted by atomic mass is 9.91. The van der Waals surface area contributed by atoms with Crippen molar-refractivity contribution in [1.82, 2.24) is 14.9 Å². The first-order valence-electron chi connectivity index (χ1n) is 12.0. The summed E-state index contributed by atoms with van der Waals surface area (Å²) in [6.45, 7) is 10.6. The van der Waals surface area contributed by atoms with Crippen LogP contribution in [0, 0.1) is 13.8 Å². The smallest absolute Gasteiger partial charge is 0.410 e. The van der Waals surface area contributed by atoms with Gasteiger partial charge >= 0.3 is 6.09 Å². The Bertz CT molecular complexity index is 1160. The van der Waals surface area contributed by atoms with Gasteiger partial charge in [-0.2, -0.15) is 4.98 Å². The maximum atomic E-state index is 12.7. The molecule has 2 aliphatic heterocycles. The quantitative estimate of drug-likeness (QED) is 0.596. The number of anilines is 3. The van der Waals surface area contributed by atoms with Crippen molar-refractivity contribution < 1.29 is 19.4 Å². The van der Waals surface area contributed by atoms with Gasteiger partial charge in [0.15, 0.2) is 0 Å². The molecule has 0 radical (unpaired) electrons. The fourth-order valence-electron chi connectivity index (χ4n) is 4.45. The van der Waals surface area contributed by atoms with Gasteiger partial charge in [0.2, 0.25) is 5.95 Å². The highest BCUT2D eigenvalue weighted by atomic mass is 16.6. The average Bonchev–Trinajstić information content (AvgIpc) is 3.13. The Labute approximate surface area is 206 Å². The third kappa shape index (κ3) is 5.67. The van der Waals surface area contributed by atoms with E-state index in [2.05, 4.69) is 26.7 Å². The van der Waals surface area contributed by atoms with Crippen molar-refractivity contribution in [2.75, 3.05) is 37.4 Å². The summed E-state index contributed by atoms with van der Waals surface area (Å²) in [5.74, 6) is 2.09. The number of carbonyl (C=O) groups excluding carboxylic acids is 1. The van der Waals surface area contributed by atoms with E-state index in [-0.39, 0.29) is 6.54 Å². The highest BCUT2D eigenvalue weighted by Crippen LogP contribution is 2.42. The van der Waals surface area contributed by atoms with Crippen LogP contribution in [0.15, 0.2) is 18.2 Å². The van der Waals surface area contributed by atoms with Crippen LogP contribution < -0.4 is 15.4 Å². The van der Waals surface area contributed by atoms with Gasteiger partial charge in [-0.25, -0.2) is 9.78 Å². The number of nitrogens with zero attached hydrogens (tertiary/aromatic N) is 3. The predicted octanol–water partition coefficient (Wildman–Crippen LogP) is 4.20. The van der Waals surface area contributed by atoms with Gasteiger partial charge in [-0.15, -0.1) is 0 Å². The summed E-state index contributed by atoms with van der Waals surface area (Å²) < 4.78 is 11.6. The molecular formula is C26H35N5O4. The minimum Gasteiger partial charge on any atom is -0.492 e. The topological polar surface area (TPSA) is 109 Å². The molecule has 9 nitrogen and oxygen atoms in total. The summed E-state index contributed by atoms with van der Waals surface area (Å²) in [5, 5.41) is 17.2. The fraction of sp³-hybridized carbons (Fsp3) is 0.500. The molecule has 3 heterocycles. The summed E-state index contributed by atoms with van der Waals surface area (Å²) in [7, 11) is 1.83. The maximum absolute atomic E-state index is 12.7. The van der Waals surface area contributed by atoms with E-state index in [1.54, 1.807) is 4.90 Å². The number of fused-ring (bicyclic) bond motifs is 1. The average molecular weight is 482 g/mol. The van der Waals surface area contributed by atoms with Crippen molar-refractivity contribution in [2.45, 2.75) is 59.2 Å². The SMILES string of the molecule is CNc1cc(C)nc(Nc2cc3c(c(C4=CCN(C(=O)OC(C)(C)C)CC(O)C4)c2C)OCC3)n1. The van der Waals surface area contributed by atoms with Crippen molar-refractivity contribution >= 4 is 29.1 Å². The number of benzene rings is 1. The zero-order chi connectivity index (χ0) is 25.3. The molecule has 35 heavy (non-hydrogen) atoms. The van der Waals surface area contributed by atoms with Gasteiger partial charge in [0.05, 0.1) is 19.3 Å². The number of aliphatic hydroxyl groups excluding tert-OH is 1. The molecule has 0 fully saturated rings. The van der Waals surface area contributed by atoms with E-state index in [4.69, 9.17) is 9.47 Å². The largest absolute Gasteiger partial charge is 0.492 e. The Morgan fingerprint density at radius 1 is 1.26 bits per heavy atom. The van der Waals surface area contributed by atoms with Gasteiger partial charge in [0.25, 0.3) is 0 Å². The van der Waals surface area contributed by atoms with E-state index in [0.29, 0.717) is 25.5 Å². The molecule has 3 N–H and O–H groups in total. The van der Waals surface area contributed by atoms with Crippen molar-refractivity contribution in [1.29, 1.82) is 0 Å².